The summed E-state index contributed by atoms with van der Waals surface area (Å²) in [5, 5.41) is 19.4. The molecule has 0 heterocycles. The van der Waals surface area contributed by atoms with Crippen molar-refractivity contribution < 1.29 is 10.2 Å². The number of hydrogen-bond donors (Lipinski definition) is 2. The van der Waals surface area contributed by atoms with Crippen LogP contribution in [0.3, 0.4) is 0 Å². The molecule has 4 saturated carbocycles. The fourth-order valence-electron chi connectivity index (χ4n) is 8.83. The maximum atomic E-state index is 10.2. The third-order valence-corrected chi connectivity index (χ3v) is 10.2. The zero-order valence-electron chi connectivity index (χ0n) is 17.4. The van der Waals surface area contributed by atoms with Crippen molar-refractivity contribution in [1.29, 1.82) is 0 Å². The summed E-state index contributed by atoms with van der Waals surface area (Å²) in [6, 6.07) is 0. The lowest BCUT2D eigenvalue weighted by molar-refractivity contribution is -0.129. The summed E-state index contributed by atoms with van der Waals surface area (Å²) in [7, 11) is 0. The summed E-state index contributed by atoms with van der Waals surface area (Å²) in [6.07, 6.45) is 14.1. The van der Waals surface area contributed by atoms with Gasteiger partial charge in [0.2, 0.25) is 0 Å². The molecule has 0 amide bonds. The molecule has 0 aromatic carbocycles. The Hall–Kier alpha value is -0.0800. The monoisotopic (exact) mass is 362 g/mol. The Morgan fingerprint density at radius 1 is 0.923 bits per heavy atom. The molecule has 4 rings (SSSR count). The van der Waals surface area contributed by atoms with Gasteiger partial charge in [-0.25, -0.2) is 0 Å². The minimum atomic E-state index is -0.0262. The standard InChI is InChI=1S/C24H42O2/c1-16(5-4-14-25)20-8-9-21-19-7-6-17-15-18(26)10-12-23(17,2)22(19)11-13-24(20,21)3/h16-22,25-26H,4-15H2,1-3H3/t16-,17-,18-,19+,20+,21-,22+,23+,24-/m1/s1. The minimum absolute atomic E-state index is 0.0262. The summed E-state index contributed by atoms with van der Waals surface area (Å²) in [6.45, 7) is 8.05. The first-order valence-corrected chi connectivity index (χ1v) is 11.7. The lowest BCUT2D eigenvalue weighted by Gasteiger charge is -2.61. The van der Waals surface area contributed by atoms with Gasteiger partial charge in [-0.15, -0.1) is 0 Å². The zero-order valence-corrected chi connectivity index (χ0v) is 17.4. The molecule has 0 radical (unpaired) electrons. The van der Waals surface area contributed by atoms with Crippen molar-refractivity contribution in [3.63, 3.8) is 0 Å². The molecule has 0 unspecified atom stereocenters. The Bertz CT molecular complexity index is 504. The second-order valence-corrected chi connectivity index (χ2v) is 11.2. The van der Waals surface area contributed by atoms with Gasteiger partial charge < -0.3 is 10.2 Å². The van der Waals surface area contributed by atoms with Crippen molar-refractivity contribution in [3.8, 4) is 0 Å². The first kappa shape index (κ1) is 19.2. The van der Waals surface area contributed by atoms with Gasteiger partial charge in [0.25, 0.3) is 0 Å². The van der Waals surface area contributed by atoms with Gasteiger partial charge in [-0.3, -0.25) is 0 Å². The average molecular weight is 363 g/mol. The van der Waals surface area contributed by atoms with E-state index in [2.05, 4.69) is 20.8 Å². The molecule has 2 nitrogen and oxygen atoms in total. The van der Waals surface area contributed by atoms with Gasteiger partial charge in [0, 0.05) is 6.61 Å². The third-order valence-electron chi connectivity index (χ3n) is 10.2. The van der Waals surface area contributed by atoms with Crippen LogP contribution >= 0.6 is 0 Å². The molecule has 26 heavy (non-hydrogen) atoms. The van der Waals surface area contributed by atoms with Crippen molar-refractivity contribution >= 4 is 0 Å². The first-order chi connectivity index (χ1) is 12.4. The van der Waals surface area contributed by atoms with Gasteiger partial charge in [0.05, 0.1) is 6.10 Å². The Balaban J connectivity index is 1.52. The average Bonchev–Trinajstić information content (AvgIpc) is 2.97. The fraction of sp³-hybridized carbons (Fsp3) is 1.00. The molecule has 0 aliphatic heterocycles. The molecule has 4 aliphatic rings. The van der Waals surface area contributed by atoms with Crippen LogP contribution in [0.25, 0.3) is 0 Å². The molecule has 0 aromatic rings. The fourth-order valence-corrected chi connectivity index (χ4v) is 8.83. The molecule has 150 valence electrons. The maximum Gasteiger partial charge on any atom is 0.0543 e. The van der Waals surface area contributed by atoms with Crippen LogP contribution in [0.4, 0.5) is 0 Å². The van der Waals surface area contributed by atoms with Crippen molar-refractivity contribution in [2.45, 2.75) is 97.5 Å². The van der Waals surface area contributed by atoms with Crippen LogP contribution in [0.5, 0.6) is 0 Å². The highest BCUT2D eigenvalue weighted by atomic mass is 16.3. The number of aliphatic hydroxyl groups is 2. The van der Waals surface area contributed by atoms with Crippen molar-refractivity contribution in [3.05, 3.63) is 0 Å². The second kappa shape index (κ2) is 7.07. The summed E-state index contributed by atoms with van der Waals surface area (Å²) in [5.41, 5.74) is 1.05. The van der Waals surface area contributed by atoms with Crippen LogP contribution < -0.4 is 0 Å². The van der Waals surface area contributed by atoms with Crippen molar-refractivity contribution in [2.75, 3.05) is 6.61 Å². The largest absolute Gasteiger partial charge is 0.396 e. The Morgan fingerprint density at radius 2 is 1.65 bits per heavy atom. The van der Waals surface area contributed by atoms with Gasteiger partial charge in [-0.05, 0) is 117 Å². The van der Waals surface area contributed by atoms with E-state index in [1.54, 1.807) is 0 Å². The molecule has 4 fully saturated rings. The van der Waals surface area contributed by atoms with Crippen LogP contribution in [0, 0.1) is 46.3 Å². The highest BCUT2D eigenvalue weighted by molar-refractivity contribution is 5.09. The molecule has 0 spiro atoms. The van der Waals surface area contributed by atoms with Gasteiger partial charge in [0.15, 0.2) is 0 Å². The number of rotatable bonds is 4. The van der Waals surface area contributed by atoms with Crippen LogP contribution in [0.2, 0.25) is 0 Å². The van der Waals surface area contributed by atoms with Gasteiger partial charge in [0.1, 0.15) is 0 Å². The molecular formula is C24H42O2. The molecule has 0 bridgehead atoms. The summed E-state index contributed by atoms with van der Waals surface area (Å²) < 4.78 is 0. The molecule has 2 heteroatoms. The Kier molecular flexibility index (Phi) is 5.23. The third kappa shape index (κ3) is 2.89. The van der Waals surface area contributed by atoms with Crippen LogP contribution in [-0.2, 0) is 0 Å². The van der Waals surface area contributed by atoms with Crippen LogP contribution in [0.15, 0.2) is 0 Å². The van der Waals surface area contributed by atoms with E-state index < -0.39 is 0 Å². The lowest BCUT2D eigenvalue weighted by Crippen LogP contribution is -2.54. The smallest absolute Gasteiger partial charge is 0.0543 e. The normalized spacial score (nSPS) is 52.0. The van der Waals surface area contributed by atoms with E-state index in [0.29, 0.717) is 17.4 Å². The maximum absolute atomic E-state index is 10.2. The highest BCUT2D eigenvalue weighted by Crippen LogP contribution is 2.68. The Morgan fingerprint density at radius 3 is 2.42 bits per heavy atom. The van der Waals surface area contributed by atoms with Gasteiger partial charge >= 0.3 is 0 Å². The van der Waals surface area contributed by atoms with E-state index in [4.69, 9.17) is 0 Å². The predicted molar refractivity (Wildman–Crippen MR) is 107 cm³/mol. The number of fused-ring (bicyclic) bond motifs is 5. The van der Waals surface area contributed by atoms with Crippen LogP contribution in [-0.4, -0.2) is 22.9 Å². The van der Waals surface area contributed by atoms with Crippen molar-refractivity contribution in [2.24, 2.45) is 46.3 Å². The SMILES string of the molecule is C[C@H](CCCO)[C@@H]1CC[C@@H]2[C@@H]3CC[C@@H]4C[C@H](O)CC[C@]4(C)[C@H]3CC[C@@]21C. The van der Waals surface area contributed by atoms with E-state index in [-0.39, 0.29) is 6.10 Å². The Labute approximate surface area is 161 Å². The number of hydrogen-bond acceptors (Lipinski definition) is 2. The highest BCUT2D eigenvalue weighted by Gasteiger charge is 2.60. The van der Waals surface area contributed by atoms with E-state index in [9.17, 15) is 10.2 Å². The predicted octanol–water partition coefficient (Wildman–Crippen LogP) is 5.41. The van der Waals surface area contributed by atoms with E-state index >= 15 is 0 Å². The van der Waals surface area contributed by atoms with Gasteiger partial charge in [-0.2, -0.15) is 0 Å². The minimum Gasteiger partial charge on any atom is -0.396 e. The second-order valence-electron chi connectivity index (χ2n) is 11.2. The molecule has 0 aromatic heterocycles. The first-order valence-electron chi connectivity index (χ1n) is 11.7. The summed E-state index contributed by atoms with van der Waals surface area (Å²) in [5.74, 6) is 5.22. The summed E-state index contributed by atoms with van der Waals surface area (Å²) >= 11 is 0. The lowest BCUT2D eigenvalue weighted by atomic mass is 9.44. The quantitative estimate of drug-likeness (QED) is 0.701. The topological polar surface area (TPSA) is 40.5 Å². The van der Waals surface area contributed by atoms with E-state index in [1.807, 2.05) is 0 Å². The molecule has 2 N–H and O–H groups in total. The summed E-state index contributed by atoms with van der Waals surface area (Å²) in [4.78, 5) is 0. The van der Waals surface area contributed by atoms with Crippen LogP contribution in [0.1, 0.15) is 91.4 Å². The van der Waals surface area contributed by atoms with Crippen molar-refractivity contribution in [1.82, 2.24) is 0 Å². The number of aliphatic hydroxyl groups excluding tert-OH is 2. The van der Waals surface area contributed by atoms with Gasteiger partial charge in [-0.1, -0.05) is 20.8 Å². The molecule has 9 atom stereocenters. The molecular weight excluding hydrogens is 320 g/mol. The zero-order chi connectivity index (χ0) is 18.5. The van der Waals surface area contributed by atoms with E-state index in [1.165, 1.54) is 51.4 Å². The van der Waals surface area contributed by atoms with E-state index in [0.717, 1.165) is 54.8 Å². The molecule has 4 aliphatic carbocycles. The molecule has 0 saturated heterocycles.